The van der Waals surface area contributed by atoms with Crippen molar-refractivity contribution in [2.24, 2.45) is 0 Å². The number of rotatable bonds is 8. The predicted molar refractivity (Wildman–Crippen MR) is 113 cm³/mol. The van der Waals surface area contributed by atoms with Crippen LogP contribution in [0.25, 0.3) is 10.2 Å². The summed E-state index contributed by atoms with van der Waals surface area (Å²) in [5.41, 5.74) is 0.953. The lowest BCUT2D eigenvalue weighted by atomic mass is 10.1. The minimum absolute atomic E-state index is 0.0211. The Morgan fingerprint density at radius 3 is 2.70 bits per heavy atom. The van der Waals surface area contributed by atoms with Crippen LogP contribution in [0.3, 0.4) is 0 Å². The van der Waals surface area contributed by atoms with Crippen LogP contribution in [0.4, 0.5) is 0 Å². The molecule has 3 heterocycles. The van der Waals surface area contributed by atoms with Crippen LogP contribution in [0.5, 0.6) is 0 Å². The smallest absolute Gasteiger partial charge is 0.223 e. The second kappa shape index (κ2) is 8.40. The van der Waals surface area contributed by atoms with E-state index in [-0.39, 0.29) is 18.5 Å². The van der Waals surface area contributed by atoms with Crippen molar-refractivity contribution in [3.05, 3.63) is 41.0 Å². The summed E-state index contributed by atoms with van der Waals surface area (Å²) in [4.78, 5) is 22.9. The third-order valence-corrected chi connectivity index (χ3v) is 7.49. The molecule has 1 aromatic carbocycles. The van der Waals surface area contributed by atoms with E-state index >= 15 is 0 Å². The maximum atomic E-state index is 12.5. The minimum Gasteiger partial charge on any atom is -0.340 e. The summed E-state index contributed by atoms with van der Waals surface area (Å²) in [7, 11) is -3.41. The molecule has 0 bridgehead atoms. The molecule has 30 heavy (non-hydrogen) atoms. The van der Waals surface area contributed by atoms with Crippen LogP contribution in [-0.2, 0) is 27.7 Å². The van der Waals surface area contributed by atoms with Crippen molar-refractivity contribution in [3.8, 4) is 0 Å². The first-order valence-electron chi connectivity index (χ1n) is 9.68. The fraction of sp³-hybridized carbons (Fsp3) is 0.474. The molecule has 1 aliphatic heterocycles. The Labute approximate surface area is 178 Å². The van der Waals surface area contributed by atoms with Crippen molar-refractivity contribution in [1.82, 2.24) is 24.3 Å². The molecular weight excluding hydrogens is 426 g/mol. The van der Waals surface area contributed by atoms with Crippen LogP contribution >= 0.6 is 11.3 Å². The average molecular weight is 450 g/mol. The Morgan fingerprint density at radius 2 is 2.03 bits per heavy atom. The van der Waals surface area contributed by atoms with E-state index in [1.165, 1.54) is 10.6 Å². The second-order valence-electron chi connectivity index (χ2n) is 7.38. The SMILES string of the molecule is Cc1nc(CCN(C2CN(C(=O)CCc3nc4ccccc4s3)C2)S(C)(=O)=O)no1. The lowest BCUT2D eigenvalue weighted by Gasteiger charge is -2.44. The number of carbonyl (C=O) groups is 1. The minimum atomic E-state index is -3.41. The Hall–Kier alpha value is -2.37. The van der Waals surface area contributed by atoms with Crippen LogP contribution in [-0.4, -0.2) is 70.6 Å². The Morgan fingerprint density at radius 1 is 1.27 bits per heavy atom. The van der Waals surface area contributed by atoms with Crippen molar-refractivity contribution in [3.63, 3.8) is 0 Å². The van der Waals surface area contributed by atoms with Gasteiger partial charge in [-0.05, 0) is 12.1 Å². The third-order valence-electron chi connectivity index (χ3n) is 5.06. The van der Waals surface area contributed by atoms with E-state index < -0.39 is 10.0 Å². The first kappa shape index (κ1) is 20.9. The van der Waals surface area contributed by atoms with Gasteiger partial charge in [-0.3, -0.25) is 4.79 Å². The fourth-order valence-electron chi connectivity index (χ4n) is 3.51. The normalized spacial score (nSPS) is 15.1. The van der Waals surface area contributed by atoms with E-state index in [1.54, 1.807) is 23.2 Å². The number of amides is 1. The summed E-state index contributed by atoms with van der Waals surface area (Å²) in [6.07, 6.45) is 2.51. The van der Waals surface area contributed by atoms with E-state index in [4.69, 9.17) is 4.52 Å². The number of benzene rings is 1. The summed E-state index contributed by atoms with van der Waals surface area (Å²) in [6, 6.07) is 7.69. The molecule has 3 aromatic rings. The summed E-state index contributed by atoms with van der Waals surface area (Å²) < 4.78 is 31.9. The Balaban J connectivity index is 1.29. The maximum absolute atomic E-state index is 12.5. The van der Waals surface area contributed by atoms with Crippen molar-refractivity contribution >= 4 is 37.5 Å². The van der Waals surface area contributed by atoms with Gasteiger partial charge in [0.2, 0.25) is 21.8 Å². The zero-order chi connectivity index (χ0) is 21.3. The lowest BCUT2D eigenvalue weighted by Crippen LogP contribution is -2.62. The molecule has 160 valence electrons. The highest BCUT2D eigenvalue weighted by Gasteiger charge is 2.38. The summed E-state index contributed by atoms with van der Waals surface area (Å²) in [5, 5.41) is 4.75. The third kappa shape index (κ3) is 4.68. The molecule has 1 fully saturated rings. The predicted octanol–water partition coefficient (Wildman–Crippen LogP) is 1.64. The molecule has 1 saturated heterocycles. The fourth-order valence-corrected chi connectivity index (χ4v) is 5.58. The Kier molecular flexibility index (Phi) is 5.85. The van der Waals surface area contributed by atoms with Gasteiger partial charge in [-0.15, -0.1) is 11.3 Å². The second-order valence-corrected chi connectivity index (χ2v) is 10.4. The molecule has 1 amide bonds. The molecule has 11 heteroatoms. The largest absolute Gasteiger partial charge is 0.340 e. The molecule has 1 aliphatic rings. The van der Waals surface area contributed by atoms with Gasteiger partial charge in [-0.2, -0.15) is 9.29 Å². The number of aryl methyl sites for hydroxylation is 2. The number of hydrogen-bond acceptors (Lipinski definition) is 8. The van der Waals surface area contributed by atoms with Crippen molar-refractivity contribution in [2.45, 2.75) is 32.2 Å². The number of nitrogens with zero attached hydrogens (tertiary/aromatic N) is 5. The van der Waals surface area contributed by atoms with Crippen LogP contribution in [0.2, 0.25) is 0 Å². The van der Waals surface area contributed by atoms with E-state index in [0.717, 1.165) is 15.2 Å². The van der Waals surface area contributed by atoms with E-state index in [9.17, 15) is 13.2 Å². The van der Waals surface area contributed by atoms with Crippen LogP contribution < -0.4 is 0 Å². The van der Waals surface area contributed by atoms with Gasteiger partial charge in [0.05, 0.1) is 27.5 Å². The highest BCUT2D eigenvalue weighted by molar-refractivity contribution is 7.88. The number of aromatic nitrogens is 3. The van der Waals surface area contributed by atoms with Crippen molar-refractivity contribution in [1.29, 1.82) is 0 Å². The highest BCUT2D eigenvalue weighted by Crippen LogP contribution is 2.24. The van der Waals surface area contributed by atoms with Crippen molar-refractivity contribution in [2.75, 3.05) is 25.9 Å². The number of thiazole rings is 1. The number of para-hydroxylation sites is 1. The van der Waals surface area contributed by atoms with E-state index in [1.807, 2.05) is 24.3 Å². The molecule has 0 unspecified atom stereocenters. The van der Waals surface area contributed by atoms with E-state index in [0.29, 0.717) is 44.1 Å². The van der Waals surface area contributed by atoms with Gasteiger partial charge in [-0.1, -0.05) is 17.3 Å². The molecule has 0 atom stereocenters. The molecule has 9 nitrogen and oxygen atoms in total. The highest BCUT2D eigenvalue weighted by atomic mass is 32.2. The van der Waals surface area contributed by atoms with Gasteiger partial charge in [0, 0.05) is 45.8 Å². The lowest BCUT2D eigenvalue weighted by molar-refractivity contribution is -0.137. The number of sulfonamides is 1. The van der Waals surface area contributed by atoms with Gasteiger partial charge in [0.1, 0.15) is 0 Å². The quantitative estimate of drug-likeness (QED) is 0.514. The van der Waals surface area contributed by atoms with Crippen molar-refractivity contribution < 1.29 is 17.7 Å². The zero-order valence-electron chi connectivity index (χ0n) is 16.8. The molecule has 0 spiro atoms. The molecular formula is C19H23N5O4S2. The zero-order valence-corrected chi connectivity index (χ0v) is 18.4. The maximum Gasteiger partial charge on any atom is 0.223 e. The van der Waals surface area contributed by atoms with Gasteiger partial charge < -0.3 is 9.42 Å². The van der Waals surface area contributed by atoms with Crippen LogP contribution in [0.15, 0.2) is 28.8 Å². The van der Waals surface area contributed by atoms with Crippen LogP contribution in [0.1, 0.15) is 23.1 Å². The van der Waals surface area contributed by atoms with Gasteiger partial charge in [0.25, 0.3) is 0 Å². The number of carbonyl (C=O) groups excluding carboxylic acids is 1. The first-order valence-corrected chi connectivity index (χ1v) is 12.3. The van der Waals surface area contributed by atoms with E-state index in [2.05, 4.69) is 15.1 Å². The molecule has 0 aliphatic carbocycles. The summed E-state index contributed by atoms with van der Waals surface area (Å²) >= 11 is 1.60. The summed E-state index contributed by atoms with van der Waals surface area (Å²) in [5.74, 6) is 0.946. The van der Waals surface area contributed by atoms with Crippen LogP contribution in [0, 0.1) is 6.92 Å². The first-order chi connectivity index (χ1) is 14.3. The standard InChI is InChI=1S/C19H23N5O4S2/c1-13-20-17(22-28-13)9-10-24(30(2,26)27)14-11-23(12-14)19(25)8-7-18-21-15-5-3-4-6-16(15)29-18/h3-6,14H,7-12H2,1-2H3. The number of likely N-dealkylation sites (tertiary alicyclic amines) is 1. The Bertz CT molecular complexity index is 1120. The van der Waals surface area contributed by atoms with Gasteiger partial charge in [0.15, 0.2) is 5.82 Å². The molecule has 2 aromatic heterocycles. The molecule has 0 saturated carbocycles. The van der Waals surface area contributed by atoms with Gasteiger partial charge >= 0.3 is 0 Å². The summed E-state index contributed by atoms with van der Waals surface area (Å²) in [6.45, 7) is 2.75. The van der Waals surface area contributed by atoms with Gasteiger partial charge in [-0.25, -0.2) is 13.4 Å². The molecule has 0 radical (unpaired) electrons. The molecule has 0 N–H and O–H groups in total. The molecule has 4 rings (SSSR count). The number of hydrogen-bond donors (Lipinski definition) is 0. The topological polar surface area (TPSA) is 110 Å². The monoisotopic (exact) mass is 449 g/mol. The average Bonchev–Trinajstić information content (AvgIpc) is 3.25. The number of fused-ring (bicyclic) bond motifs is 1.